The van der Waals surface area contributed by atoms with Gasteiger partial charge in [0.1, 0.15) is 11.2 Å². The molecule has 2 N–H and O–H groups in total. The lowest BCUT2D eigenvalue weighted by molar-refractivity contribution is 0.562. The fourth-order valence-corrected chi connectivity index (χ4v) is 2.91. The van der Waals surface area contributed by atoms with Crippen molar-refractivity contribution in [1.29, 1.82) is 0 Å². The molecule has 0 atom stereocenters. The molecule has 0 radical (unpaired) electrons. The normalized spacial score (nSPS) is 11.3. The SMILES string of the molecule is Nc1ccc2cc(-c3cc(=O)c4cc(I)ccc4o3)oc2c1. The summed E-state index contributed by atoms with van der Waals surface area (Å²) in [5, 5.41) is 1.48. The van der Waals surface area contributed by atoms with E-state index in [1.165, 1.54) is 6.07 Å². The summed E-state index contributed by atoms with van der Waals surface area (Å²) in [7, 11) is 0. The van der Waals surface area contributed by atoms with Crippen molar-refractivity contribution in [3.8, 4) is 11.5 Å². The summed E-state index contributed by atoms with van der Waals surface area (Å²) in [5.41, 5.74) is 7.50. The Bertz CT molecular complexity index is 1080. The van der Waals surface area contributed by atoms with Crippen LogP contribution in [0.25, 0.3) is 33.5 Å². The molecule has 0 saturated carbocycles. The van der Waals surface area contributed by atoms with Gasteiger partial charge in [-0.15, -0.1) is 0 Å². The van der Waals surface area contributed by atoms with Gasteiger partial charge >= 0.3 is 0 Å². The van der Waals surface area contributed by atoms with E-state index in [1.807, 2.05) is 24.3 Å². The molecule has 22 heavy (non-hydrogen) atoms. The second-order valence-corrected chi connectivity index (χ2v) is 6.27. The standard InChI is InChI=1S/C17H10INO3/c18-10-2-4-14-12(6-10)13(20)8-17(21-14)16-5-9-1-3-11(19)7-15(9)22-16/h1-8H,19H2. The van der Waals surface area contributed by atoms with Crippen molar-refractivity contribution in [3.63, 3.8) is 0 Å². The largest absolute Gasteiger partial charge is 0.453 e. The van der Waals surface area contributed by atoms with Crippen molar-refractivity contribution in [3.05, 3.63) is 62.3 Å². The van der Waals surface area contributed by atoms with Gasteiger partial charge in [0.2, 0.25) is 0 Å². The molecule has 0 aliphatic carbocycles. The van der Waals surface area contributed by atoms with E-state index >= 15 is 0 Å². The summed E-state index contributed by atoms with van der Waals surface area (Å²) in [4.78, 5) is 12.3. The molecule has 0 aliphatic heterocycles. The first-order chi connectivity index (χ1) is 10.6. The van der Waals surface area contributed by atoms with E-state index in [0.717, 1.165) is 8.96 Å². The highest BCUT2D eigenvalue weighted by atomic mass is 127. The van der Waals surface area contributed by atoms with Gasteiger partial charge in [-0.2, -0.15) is 0 Å². The minimum atomic E-state index is -0.0882. The highest BCUT2D eigenvalue weighted by molar-refractivity contribution is 14.1. The number of nitrogen functional groups attached to an aromatic ring is 1. The van der Waals surface area contributed by atoms with Crippen molar-refractivity contribution in [1.82, 2.24) is 0 Å². The van der Waals surface area contributed by atoms with Crippen LogP contribution in [0.3, 0.4) is 0 Å². The second-order valence-electron chi connectivity index (χ2n) is 5.02. The minimum Gasteiger partial charge on any atom is -0.453 e. The molecule has 2 aromatic heterocycles. The maximum atomic E-state index is 12.3. The second kappa shape index (κ2) is 4.88. The third-order valence-corrected chi connectivity index (χ3v) is 4.15. The topological polar surface area (TPSA) is 69.4 Å². The maximum absolute atomic E-state index is 12.3. The molecule has 4 nitrogen and oxygen atoms in total. The zero-order valence-electron chi connectivity index (χ0n) is 11.3. The molecule has 0 amide bonds. The number of rotatable bonds is 1. The smallest absolute Gasteiger partial charge is 0.193 e. The number of halogens is 1. The number of anilines is 1. The summed E-state index contributed by atoms with van der Waals surface area (Å²) in [6.07, 6.45) is 0. The molecule has 0 unspecified atom stereocenters. The highest BCUT2D eigenvalue weighted by Crippen LogP contribution is 2.30. The highest BCUT2D eigenvalue weighted by Gasteiger charge is 2.12. The summed E-state index contributed by atoms with van der Waals surface area (Å²) in [6, 6.07) is 14.2. The Labute approximate surface area is 138 Å². The molecule has 0 fully saturated rings. The first-order valence-corrected chi connectivity index (χ1v) is 7.71. The average Bonchev–Trinajstić information content (AvgIpc) is 2.91. The lowest BCUT2D eigenvalue weighted by atomic mass is 10.2. The Kier molecular flexibility index (Phi) is 2.97. The molecule has 0 aliphatic rings. The maximum Gasteiger partial charge on any atom is 0.193 e. The number of fused-ring (bicyclic) bond motifs is 2. The van der Waals surface area contributed by atoms with E-state index in [0.29, 0.717) is 33.8 Å². The third-order valence-electron chi connectivity index (χ3n) is 3.48. The Morgan fingerprint density at radius 2 is 1.64 bits per heavy atom. The van der Waals surface area contributed by atoms with Gasteiger partial charge in [-0.05, 0) is 59.0 Å². The third kappa shape index (κ3) is 2.18. The van der Waals surface area contributed by atoms with Gasteiger partial charge < -0.3 is 14.6 Å². The molecule has 4 aromatic rings. The van der Waals surface area contributed by atoms with Crippen molar-refractivity contribution < 1.29 is 8.83 Å². The molecular formula is C17H10INO3. The van der Waals surface area contributed by atoms with Crippen LogP contribution in [0.5, 0.6) is 0 Å². The summed E-state index contributed by atoms with van der Waals surface area (Å²) in [6.45, 7) is 0. The number of benzene rings is 2. The molecule has 2 heterocycles. The molecule has 0 saturated heterocycles. The van der Waals surface area contributed by atoms with E-state index in [1.54, 1.807) is 18.2 Å². The van der Waals surface area contributed by atoms with Gasteiger partial charge in [0.15, 0.2) is 16.9 Å². The molecule has 0 bridgehead atoms. The van der Waals surface area contributed by atoms with Crippen molar-refractivity contribution in [2.75, 3.05) is 5.73 Å². The molecule has 5 heteroatoms. The Morgan fingerprint density at radius 3 is 2.50 bits per heavy atom. The van der Waals surface area contributed by atoms with Crippen LogP contribution in [0.4, 0.5) is 5.69 Å². The monoisotopic (exact) mass is 403 g/mol. The molecule has 108 valence electrons. The number of hydrogen-bond acceptors (Lipinski definition) is 4. The van der Waals surface area contributed by atoms with Gasteiger partial charge in [-0.3, -0.25) is 4.79 Å². The molecule has 0 spiro atoms. The van der Waals surface area contributed by atoms with Crippen LogP contribution in [0.2, 0.25) is 0 Å². The lowest BCUT2D eigenvalue weighted by Crippen LogP contribution is -2.00. The first-order valence-electron chi connectivity index (χ1n) is 6.63. The van der Waals surface area contributed by atoms with E-state index in [4.69, 9.17) is 14.6 Å². The number of furan rings is 1. The first kappa shape index (κ1) is 13.4. The van der Waals surface area contributed by atoms with Crippen LogP contribution in [0.1, 0.15) is 0 Å². The van der Waals surface area contributed by atoms with Gasteiger partial charge in [0, 0.05) is 26.8 Å². The van der Waals surface area contributed by atoms with Gasteiger partial charge in [-0.25, -0.2) is 0 Å². The number of nitrogens with two attached hydrogens (primary N) is 1. The molecule has 4 rings (SSSR count). The van der Waals surface area contributed by atoms with Gasteiger partial charge in [0.25, 0.3) is 0 Å². The van der Waals surface area contributed by atoms with Crippen molar-refractivity contribution in [2.24, 2.45) is 0 Å². The zero-order chi connectivity index (χ0) is 15.3. The van der Waals surface area contributed by atoms with E-state index in [9.17, 15) is 4.79 Å². The average molecular weight is 403 g/mol. The lowest BCUT2D eigenvalue weighted by Gasteiger charge is -2.00. The summed E-state index contributed by atoms with van der Waals surface area (Å²) < 4.78 is 12.6. The van der Waals surface area contributed by atoms with E-state index < -0.39 is 0 Å². The summed E-state index contributed by atoms with van der Waals surface area (Å²) in [5.74, 6) is 0.923. The van der Waals surface area contributed by atoms with Crippen LogP contribution in [0.15, 0.2) is 62.2 Å². The predicted octanol–water partition coefficient (Wildman–Crippen LogP) is 4.39. The quantitative estimate of drug-likeness (QED) is 0.378. The zero-order valence-corrected chi connectivity index (χ0v) is 13.5. The Hall–Kier alpha value is -2.28. The van der Waals surface area contributed by atoms with Crippen LogP contribution in [-0.2, 0) is 0 Å². The van der Waals surface area contributed by atoms with E-state index in [2.05, 4.69) is 22.6 Å². The fourth-order valence-electron chi connectivity index (χ4n) is 2.42. The van der Waals surface area contributed by atoms with Crippen molar-refractivity contribution in [2.45, 2.75) is 0 Å². The van der Waals surface area contributed by atoms with E-state index in [-0.39, 0.29) is 5.43 Å². The van der Waals surface area contributed by atoms with Crippen LogP contribution >= 0.6 is 22.6 Å². The van der Waals surface area contributed by atoms with Crippen LogP contribution < -0.4 is 11.2 Å². The van der Waals surface area contributed by atoms with Gasteiger partial charge in [0.05, 0.1) is 5.39 Å². The minimum absolute atomic E-state index is 0.0882. The van der Waals surface area contributed by atoms with Gasteiger partial charge in [-0.1, -0.05) is 0 Å². The summed E-state index contributed by atoms with van der Waals surface area (Å²) >= 11 is 2.17. The Morgan fingerprint density at radius 1 is 0.864 bits per heavy atom. The molecule has 2 aromatic carbocycles. The Balaban J connectivity index is 1.95. The predicted molar refractivity (Wildman–Crippen MR) is 94.8 cm³/mol. The molecular weight excluding hydrogens is 393 g/mol. The number of hydrogen-bond donors (Lipinski definition) is 1. The van der Waals surface area contributed by atoms with Crippen LogP contribution in [0, 0.1) is 3.57 Å². The van der Waals surface area contributed by atoms with Crippen LogP contribution in [-0.4, -0.2) is 0 Å². The fraction of sp³-hybridized carbons (Fsp3) is 0. The van der Waals surface area contributed by atoms with Crippen molar-refractivity contribution >= 4 is 50.2 Å².